The van der Waals surface area contributed by atoms with Gasteiger partial charge in [0.15, 0.2) is 5.82 Å². The van der Waals surface area contributed by atoms with Crippen molar-refractivity contribution < 1.29 is 20.8 Å². The highest BCUT2D eigenvalue weighted by atomic mass is 35.5. The molecule has 2 N–H and O–H groups in total. The molecule has 11 heteroatoms. The van der Waals surface area contributed by atoms with E-state index in [1.807, 2.05) is 12.2 Å². The number of H-pyrrole nitrogens is 1. The summed E-state index contributed by atoms with van der Waals surface area (Å²) in [6.45, 7) is 4.67. The van der Waals surface area contributed by atoms with E-state index in [0.29, 0.717) is 34.4 Å². The molecule has 0 aliphatic heterocycles. The standard InChI is InChI=1S/C22H26ClF3N6O.2H2/c1-4-5-8-32(18(13(2)3)21(33)30-12-22(24,25)26)17-6-7-27-20(31-17)16-11-29-19-15(16)9-14(23)10-28-19;;/h6-7,9-11,13,18H,4-5,8,12H2,1-3H3,(H,28,29)(H,30,33);2*1H/t18-;;/m1../s1. The Morgan fingerprint density at radius 1 is 1.33 bits per heavy atom. The van der Waals surface area contributed by atoms with E-state index in [-0.39, 0.29) is 8.77 Å². The highest BCUT2D eigenvalue weighted by Gasteiger charge is 2.34. The van der Waals surface area contributed by atoms with E-state index in [2.05, 4.69) is 19.9 Å². The van der Waals surface area contributed by atoms with Crippen LogP contribution in [0.25, 0.3) is 22.4 Å². The van der Waals surface area contributed by atoms with Crippen molar-refractivity contribution in [1.29, 1.82) is 0 Å². The van der Waals surface area contributed by atoms with E-state index in [1.165, 1.54) is 6.20 Å². The summed E-state index contributed by atoms with van der Waals surface area (Å²) in [6.07, 6.45) is 1.91. The first-order chi connectivity index (χ1) is 15.6. The Labute approximate surface area is 197 Å². The van der Waals surface area contributed by atoms with Crippen molar-refractivity contribution >= 4 is 34.4 Å². The van der Waals surface area contributed by atoms with Crippen LogP contribution >= 0.6 is 11.6 Å². The number of carbonyl (C=O) groups excluding carboxylic acids is 1. The predicted molar refractivity (Wildman–Crippen MR) is 126 cm³/mol. The van der Waals surface area contributed by atoms with Crippen molar-refractivity contribution in [3.05, 3.63) is 35.7 Å². The Morgan fingerprint density at radius 3 is 2.76 bits per heavy atom. The number of alkyl halides is 3. The molecular formula is C22H30ClF3N6O. The fraction of sp³-hybridized carbons (Fsp3) is 0.455. The molecule has 182 valence electrons. The molecule has 0 saturated heterocycles. The van der Waals surface area contributed by atoms with E-state index in [9.17, 15) is 18.0 Å². The van der Waals surface area contributed by atoms with Gasteiger partial charge in [0.2, 0.25) is 5.91 Å². The van der Waals surface area contributed by atoms with Crippen LogP contribution < -0.4 is 10.2 Å². The van der Waals surface area contributed by atoms with Gasteiger partial charge in [-0.2, -0.15) is 13.2 Å². The zero-order valence-corrected chi connectivity index (χ0v) is 19.3. The largest absolute Gasteiger partial charge is 0.405 e. The van der Waals surface area contributed by atoms with E-state index >= 15 is 0 Å². The number of carbonyl (C=O) groups is 1. The van der Waals surface area contributed by atoms with E-state index in [4.69, 9.17) is 11.6 Å². The Balaban J connectivity index is 0.00000306. The van der Waals surface area contributed by atoms with Crippen molar-refractivity contribution in [1.82, 2.24) is 25.3 Å². The minimum absolute atomic E-state index is 0. The number of unbranched alkanes of at least 4 members (excludes halogenated alkanes) is 1. The molecule has 1 amide bonds. The van der Waals surface area contributed by atoms with E-state index in [0.717, 1.165) is 18.2 Å². The van der Waals surface area contributed by atoms with Crippen molar-refractivity contribution in [2.75, 3.05) is 18.0 Å². The summed E-state index contributed by atoms with van der Waals surface area (Å²) in [5, 5.41) is 3.23. The lowest BCUT2D eigenvalue weighted by Crippen LogP contribution is -2.52. The van der Waals surface area contributed by atoms with Crippen molar-refractivity contribution in [2.24, 2.45) is 5.92 Å². The fourth-order valence-electron chi connectivity index (χ4n) is 3.62. The molecule has 1 atom stereocenters. The number of halogens is 4. The molecule has 3 rings (SSSR count). The first-order valence-corrected chi connectivity index (χ1v) is 11.1. The summed E-state index contributed by atoms with van der Waals surface area (Å²) in [4.78, 5) is 30.9. The van der Waals surface area contributed by atoms with Crippen molar-refractivity contribution in [3.63, 3.8) is 0 Å². The smallest absolute Gasteiger partial charge is 0.345 e. The van der Waals surface area contributed by atoms with Crippen LogP contribution in [0.3, 0.4) is 0 Å². The number of rotatable bonds is 9. The van der Waals surface area contributed by atoms with E-state index < -0.39 is 24.7 Å². The van der Waals surface area contributed by atoms with Gasteiger partial charge >= 0.3 is 6.18 Å². The molecular weight excluding hydrogens is 457 g/mol. The van der Waals surface area contributed by atoms with Crippen LogP contribution in [-0.4, -0.2) is 51.2 Å². The third-order valence-electron chi connectivity index (χ3n) is 5.13. The van der Waals surface area contributed by atoms with Gasteiger partial charge in [-0.1, -0.05) is 38.8 Å². The number of fused-ring (bicyclic) bond motifs is 1. The minimum atomic E-state index is -4.49. The molecule has 0 saturated carbocycles. The fourth-order valence-corrected chi connectivity index (χ4v) is 3.78. The maximum Gasteiger partial charge on any atom is 0.405 e. The minimum Gasteiger partial charge on any atom is -0.345 e. The van der Waals surface area contributed by atoms with Gasteiger partial charge < -0.3 is 15.2 Å². The van der Waals surface area contributed by atoms with Crippen LogP contribution in [0, 0.1) is 5.92 Å². The van der Waals surface area contributed by atoms with Gasteiger partial charge in [-0.3, -0.25) is 4.79 Å². The van der Waals surface area contributed by atoms with Crippen molar-refractivity contribution in [2.45, 2.75) is 45.8 Å². The maximum absolute atomic E-state index is 12.8. The number of nitrogens with zero attached hydrogens (tertiary/aromatic N) is 4. The molecule has 3 aromatic heterocycles. The number of hydrogen-bond acceptors (Lipinski definition) is 5. The van der Waals surface area contributed by atoms with Gasteiger partial charge in [-0.05, 0) is 24.5 Å². The van der Waals surface area contributed by atoms with Gasteiger partial charge in [0, 0.05) is 38.9 Å². The molecule has 0 unspecified atom stereocenters. The quantitative estimate of drug-likeness (QED) is 0.418. The first-order valence-electron chi connectivity index (χ1n) is 10.7. The number of aromatic nitrogens is 4. The number of pyridine rings is 1. The third kappa shape index (κ3) is 6.13. The number of anilines is 1. The van der Waals surface area contributed by atoms with Crippen LogP contribution in [0.5, 0.6) is 0 Å². The molecule has 3 aromatic rings. The van der Waals surface area contributed by atoms with Gasteiger partial charge in [0.05, 0.1) is 5.02 Å². The second kappa shape index (κ2) is 10.4. The SMILES string of the molecule is CCCCN(c1ccnc(-c2c[nH]c3ncc(Cl)cc23)n1)[C@@H](C(=O)NCC(F)(F)F)C(C)C.[HH].[HH]. The van der Waals surface area contributed by atoms with Crippen LogP contribution in [0.4, 0.5) is 19.0 Å². The molecule has 0 spiro atoms. The average Bonchev–Trinajstić information content (AvgIpc) is 3.17. The van der Waals surface area contributed by atoms with Gasteiger partial charge in [0.1, 0.15) is 24.1 Å². The molecule has 0 aliphatic rings. The molecule has 0 aliphatic carbocycles. The van der Waals surface area contributed by atoms with Crippen LogP contribution in [0.15, 0.2) is 30.7 Å². The van der Waals surface area contributed by atoms with Crippen LogP contribution in [0.2, 0.25) is 5.02 Å². The lowest BCUT2D eigenvalue weighted by Gasteiger charge is -2.34. The Hall–Kier alpha value is -2.88. The highest BCUT2D eigenvalue weighted by molar-refractivity contribution is 6.31. The van der Waals surface area contributed by atoms with Crippen LogP contribution in [0.1, 0.15) is 36.5 Å². The maximum atomic E-state index is 12.8. The summed E-state index contributed by atoms with van der Waals surface area (Å²) in [7, 11) is 0. The van der Waals surface area contributed by atoms with Gasteiger partial charge in [-0.25, -0.2) is 15.0 Å². The molecule has 0 aromatic carbocycles. The van der Waals surface area contributed by atoms with Gasteiger partial charge in [-0.15, -0.1) is 0 Å². The molecule has 0 bridgehead atoms. The number of nitrogens with one attached hydrogen (secondary N) is 2. The molecule has 7 nitrogen and oxygen atoms in total. The summed E-state index contributed by atoms with van der Waals surface area (Å²) in [5.74, 6) is -0.104. The number of amides is 1. The lowest BCUT2D eigenvalue weighted by molar-refractivity contribution is -0.139. The zero-order chi connectivity index (χ0) is 24.2. The molecule has 0 radical (unpaired) electrons. The molecule has 0 fully saturated rings. The third-order valence-corrected chi connectivity index (χ3v) is 5.33. The normalized spacial score (nSPS) is 12.8. The second-order valence-corrected chi connectivity index (χ2v) is 8.50. The average molecular weight is 487 g/mol. The Kier molecular flexibility index (Phi) is 7.78. The Bertz CT molecular complexity index is 1110. The monoisotopic (exact) mass is 486 g/mol. The van der Waals surface area contributed by atoms with E-state index in [1.54, 1.807) is 43.3 Å². The summed E-state index contributed by atoms with van der Waals surface area (Å²) in [5.41, 5.74) is 1.30. The summed E-state index contributed by atoms with van der Waals surface area (Å²) >= 11 is 6.10. The zero-order valence-electron chi connectivity index (χ0n) is 18.6. The first kappa shape index (κ1) is 24.8. The topological polar surface area (TPSA) is 86.8 Å². The lowest BCUT2D eigenvalue weighted by atomic mass is 10.0. The van der Waals surface area contributed by atoms with Crippen molar-refractivity contribution in [3.8, 4) is 11.4 Å². The number of aromatic amines is 1. The van der Waals surface area contributed by atoms with Gasteiger partial charge in [0.25, 0.3) is 0 Å². The van der Waals surface area contributed by atoms with Crippen LogP contribution in [-0.2, 0) is 4.79 Å². The summed E-state index contributed by atoms with van der Waals surface area (Å²) in [6, 6.07) is 2.58. The summed E-state index contributed by atoms with van der Waals surface area (Å²) < 4.78 is 38.1. The highest BCUT2D eigenvalue weighted by Crippen LogP contribution is 2.29. The Morgan fingerprint density at radius 2 is 2.09 bits per heavy atom. The molecule has 33 heavy (non-hydrogen) atoms. The second-order valence-electron chi connectivity index (χ2n) is 8.06. The molecule has 3 heterocycles. The number of hydrogen-bond donors (Lipinski definition) is 2. The predicted octanol–water partition coefficient (Wildman–Crippen LogP) is 5.47.